The third-order valence-electron chi connectivity index (χ3n) is 4.48. The number of rotatable bonds is 2. The lowest BCUT2D eigenvalue weighted by Gasteiger charge is -2.40. The molecule has 1 amide bonds. The summed E-state index contributed by atoms with van der Waals surface area (Å²) < 4.78 is 0. The van der Waals surface area contributed by atoms with Gasteiger partial charge >= 0.3 is 0 Å². The summed E-state index contributed by atoms with van der Waals surface area (Å²) >= 11 is 0. The van der Waals surface area contributed by atoms with Crippen molar-refractivity contribution in [3.05, 3.63) is 65.7 Å². The van der Waals surface area contributed by atoms with Gasteiger partial charge in [0.15, 0.2) is 0 Å². The first kappa shape index (κ1) is 13.9. The molecule has 0 bridgehead atoms. The van der Waals surface area contributed by atoms with E-state index in [0.717, 1.165) is 5.69 Å². The maximum Gasteiger partial charge on any atom is 0.231 e. The Balaban J connectivity index is 2.21. The van der Waals surface area contributed by atoms with Crippen molar-refractivity contribution in [1.29, 1.82) is 0 Å². The van der Waals surface area contributed by atoms with Crippen LogP contribution in [0.3, 0.4) is 0 Å². The zero-order valence-corrected chi connectivity index (χ0v) is 12.8. The normalized spacial score (nSPS) is 21.5. The largest absolute Gasteiger partial charge is 0.315 e. The van der Waals surface area contributed by atoms with Gasteiger partial charge in [-0.15, -0.1) is 0 Å². The van der Waals surface area contributed by atoms with Gasteiger partial charge in [-0.25, -0.2) is 0 Å². The van der Waals surface area contributed by atoms with Gasteiger partial charge in [0.05, 0.1) is 5.92 Å². The molecule has 1 aliphatic rings. The summed E-state index contributed by atoms with van der Waals surface area (Å²) in [6.45, 7) is 4.28. The Hall–Kier alpha value is -2.09. The minimum atomic E-state index is -0.00713. The summed E-state index contributed by atoms with van der Waals surface area (Å²) in [6, 6.07) is 18.7. The van der Waals surface area contributed by atoms with Gasteiger partial charge in [-0.3, -0.25) is 4.79 Å². The van der Waals surface area contributed by atoms with Crippen LogP contribution in [0.25, 0.3) is 0 Å². The lowest BCUT2D eigenvalue weighted by atomic mass is 9.72. The van der Waals surface area contributed by atoms with Crippen molar-refractivity contribution in [3.63, 3.8) is 0 Å². The Labute approximate surface area is 126 Å². The SMILES string of the molecule is CC(C)C1C(=O)N(C)c2ccccc2C1c1ccccc1. The second kappa shape index (κ2) is 5.36. The molecule has 2 heteroatoms. The highest BCUT2D eigenvalue weighted by molar-refractivity contribution is 5.99. The lowest BCUT2D eigenvalue weighted by Crippen LogP contribution is -2.43. The molecule has 2 nitrogen and oxygen atoms in total. The molecule has 0 spiro atoms. The van der Waals surface area contributed by atoms with Crippen LogP contribution in [0, 0.1) is 11.8 Å². The third kappa shape index (κ3) is 2.25. The fourth-order valence-corrected chi connectivity index (χ4v) is 3.45. The molecule has 108 valence electrons. The first-order chi connectivity index (χ1) is 10.1. The molecule has 0 saturated heterocycles. The minimum Gasteiger partial charge on any atom is -0.315 e. The van der Waals surface area contributed by atoms with Crippen molar-refractivity contribution in [2.24, 2.45) is 11.8 Å². The molecule has 3 rings (SSSR count). The van der Waals surface area contributed by atoms with Gasteiger partial charge in [-0.2, -0.15) is 0 Å². The second-order valence-electron chi connectivity index (χ2n) is 6.11. The molecule has 2 atom stereocenters. The van der Waals surface area contributed by atoms with E-state index >= 15 is 0 Å². The highest BCUT2D eigenvalue weighted by Gasteiger charge is 2.40. The number of carbonyl (C=O) groups is 1. The molecule has 0 aliphatic carbocycles. The van der Waals surface area contributed by atoms with E-state index in [-0.39, 0.29) is 17.7 Å². The van der Waals surface area contributed by atoms with Crippen molar-refractivity contribution in [2.45, 2.75) is 19.8 Å². The molecule has 0 radical (unpaired) electrons. The first-order valence-corrected chi connectivity index (χ1v) is 7.52. The van der Waals surface area contributed by atoms with E-state index in [4.69, 9.17) is 0 Å². The van der Waals surface area contributed by atoms with Crippen LogP contribution in [-0.4, -0.2) is 13.0 Å². The predicted octanol–water partition coefficient (Wildman–Crippen LogP) is 4.07. The van der Waals surface area contributed by atoms with E-state index < -0.39 is 0 Å². The van der Waals surface area contributed by atoms with E-state index in [2.05, 4.69) is 50.2 Å². The standard InChI is InChI=1S/C19H21NO/c1-13(2)17-18(14-9-5-4-6-10-14)15-11-7-8-12-16(15)20(3)19(17)21/h4-13,17-18H,1-3H3. The summed E-state index contributed by atoms with van der Waals surface area (Å²) in [5, 5.41) is 0. The van der Waals surface area contributed by atoms with Crippen LogP contribution in [0.5, 0.6) is 0 Å². The first-order valence-electron chi connectivity index (χ1n) is 7.52. The number of benzene rings is 2. The van der Waals surface area contributed by atoms with Crippen molar-refractivity contribution in [3.8, 4) is 0 Å². The van der Waals surface area contributed by atoms with Crippen LogP contribution in [0.1, 0.15) is 30.9 Å². The van der Waals surface area contributed by atoms with E-state index in [1.807, 2.05) is 30.1 Å². The maximum atomic E-state index is 12.8. The molecule has 1 heterocycles. The zero-order valence-electron chi connectivity index (χ0n) is 12.8. The number of carbonyl (C=O) groups excluding carboxylic acids is 1. The van der Waals surface area contributed by atoms with Crippen LogP contribution in [0.2, 0.25) is 0 Å². The van der Waals surface area contributed by atoms with Gasteiger partial charge in [-0.05, 0) is 23.1 Å². The van der Waals surface area contributed by atoms with Crippen molar-refractivity contribution in [1.82, 2.24) is 0 Å². The number of amides is 1. The van der Waals surface area contributed by atoms with E-state index in [9.17, 15) is 4.79 Å². The Morgan fingerprint density at radius 3 is 2.24 bits per heavy atom. The van der Waals surface area contributed by atoms with Crippen LogP contribution >= 0.6 is 0 Å². The molecule has 1 aliphatic heterocycles. The monoisotopic (exact) mass is 279 g/mol. The summed E-state index contributed by atoms with van der Waals surface area (Å²) in [5.74, 6) is 0.662. The lowest BCUT2D eigenvalue weighted by molar-refractivity contribution is -0.124. The Bertz CT molecular complexity index is 648. The number of fused-ring (bicyclic) bond motifs is 1. The summed E-state index contributed by atoms with van der Waals surface area (Å²) in [5.41, 5.74) is 3.52. The van der Waals surface area contributed by atoms with Crippen molar-refractivity contribution in [2.75, 3.05) is 11.9 Å². The number of hydrogen-bond acceptors (Lipinski definition) is 1. The fraction of sp³-hybridized carbons (Fsp3) is 0.316. The molecule has 21 heavy (non-hydrogen) atoms. The van der Waals surface area contributed by atoms with Crippen molar-refractivity contribution < 1.29 is 4.79 Å². The van der Waals surface area contributed by atoms with Crippen LogP contribution in [0.4, 0.5) is 5.69 Å². The van der Waals surface area contributed by atoms with Gasteiger partial charge < -0.3 is 4.90 Å². The predicted molar refractivity (Wildman–Crippen MR) is 86.5 cm³/mol. The topological polar surface area (TPSA) is 20.3 Å². The van der Waals surface area contributed by atoms with E-state index in [1.165, 1.54) is 11.1 Å². The molecule has 0 saturated carbocycles. The summed E-state index contributed by atoms with van der Waals surface area (Å²) in [7, 11) is 1.89. The average molecular weight is 279 g/mol. The smallest absolute Gasteiger partial charge is 0.231 e. The molecular weight excluding hydrogens is 258 g/mol. The zero-order chi connectivity index (χ0) is 15.0. The molecule has 2 unspecified atom stereocenters. The highest BCUT2D eigenvalue weighted by Crippen LogP contribution is 2.45. The highest BCUT2D eigenvalue weighted by atomic mass is 16.2. The maximum absolute atomic E-state index is 12.8. The Morgan fingerprint density at radius 1 is 0.952 bits per heavy atom. The summed E-state index contributed by atoms with van der Waals surface area (Å²) in [6.07, 6.45) is 0. The molecule has 0 aromatic heterocycles. The molecule has 2 aromatic carbocycles. The van der Waals surface area contributed by atoms with Crippen molar-refractivity contribution >= 4 is 11.6 Å². The van der Waals surface area contributed by atoms with Crippen LogP contribution < -0.4 is 4.90 Å². The quantitative estimate of drug-likeness (QED) is 0.811. The van der Waals surface area contributed by atoms with E-state index in [0.29, 0.717) is 5.92 Å². The number of nitrogens with zero attached hydrogens (tertiary/aromatic N) is 1. The average Bonchev–Trinajstić information content (AvgIpc) is 2.51. The Morgan fingerprint density at radius 2 is 1.57 bits per heavy atom. The molecule has 0 N–H and O–H groups in total. The fourth-order valence-electron chi connectivity index (χ4n) is 3.45. The molecule has 2 aromatic rings. The van der Waals surface area contributed by atoms with Crippen LogP contribution in [0.15, 0.2) is 54.6 Å². The number of hydrogen-bond donors (Lipinski definition) is 0. The Kier molecular flexibility index (Phi) is 3.54. The number of para-hydroxylation sites is 1. The molecular formula is C19H21NO. The summed E-state index contributed by atoms with van der Waals surface area (Å²) in [4.78, 5) is 14.7. The van der Waals surface area contributed by atoms with E-state index in [1.54, 1.807) is 0 Å². The number of anilines is 1. The van der Waals surface area contributed by atoms with Gasteiger partial charge in [0.25, 0.3) is 0 Å². The minimum absolute atomic E-state index is 0.00713. The van der Waals surface area contributed by atoms with Gasteiger partial charge in [0, 0.05) is 18.7 Å². The third-order valence-corrected chi connectivity index (χ3v) is 4.48. The van der Waals surface area contributed by atoms with Crippen LogP contribution in [-0.2, 0) is 4.79 Å². The van der Waals surface area contributed by atoms with Gasteiger partial charge in [0.2, 0.25) is 5.91 Å². The van der Waals surface area contributed by atoms with Gasteiger partial charge in [-0.1, -0.05) is 62.4 Å². The van der Waals surface area contributed by atoms with Gasteiger partial charge in [0.1, 0.15) is 0 Å². The molecule has 0 fully saturated rings. The second-order valence-corrected chi connectivity index (χ2v) is 6.11.